The highest BCUT2D eigenvalue weighted by Crippen LogP contribution is 2.45. The van der Waals surface area contributed by atoms with Gasteiger partial charge in [-0.1, -0.05) is 203 Å². The first-order valence-corrected chi connectivity index (χ1v) is 22.7. The Bertz CT molecular complexity index is 2660. The minimum absolute atomic E-state index is 0.0141. The molecule has 2 aliphatic heterocycles. The number of nitrogens with one attached hydrogen (secondary N) is 1. The number of rotatable bonds is 14. The molecule has 3 N–H and O–H groups in total. The zero-order chi connectivity index (χ0) is 43.3. The number of nitrogens with zero attached hydrogens (tertiary/aromatic N) is 5. The smallest absolute Gasteiger partial charge is 0.356 e. The number of nitrogens with two attached hydrogens (primary N) is 1. The molecule has 0 bridgehead atoms. The van der Waals surface area contributed by atoms with Crippen molar-refractivity contribution >= 4 is 74.7 Å². The molecule has 5 aromatic carbocycles. The van der Waals surface area contributed by atoms with Crippen molar-refractivity contribution in [2.45, 2.75) is 41.0 Å². The molecule has 1 fully saturated rings. The Morgan fingerprint density at radius 3 is 1.87 bits per heavy atom. The molecular weight excluding hydrogens is 874 g/mol. The Balaban J connectivity index is 1.06. The Labute approximate surface area is 379 Å². The molecule has 2 atom stereocenters. The third-order valence-electron chi connectivity index (χ3n) is 10.7. The lowest BCUT2D eigenvalue weighted by Gasteiger charge is -2.50. The fraction of sp³-hybridized carbons (Fsp3) is 0.128. The summed E-state index contributed by atoms with van der Waals surface area (Å²) < 4.78 is 7.03. The quantitative estimate of drug-likeness (QED) is 0.0355. The first-order valence-electron chi connectivity index (χ1n) is 19.8. The summed E-state index contributed by atoms with van der Waals surface area (Å²) in [5.74, 6) is -1.98. The Hall–Kier alpha value is -6.65. The van der Waals surface area contributed by atoms with Crippen LogP contribution in [0, 0.1) is 0 Å². The summed E-state index contributed by atoms with van der Waals surface area (Å²) in [5, 5.41) is 15.7. The maximum atomic E-state index is 14.7. The molecule has 0 aliphatic carbocycles. The van der Waals surface area contributed by atoms with Crippen LogP contribution in [0.4, 0.5) is 5.13 Å². The highest BCUT2D eigenvalue weighted by Gasteiger charge is 2.54. The summed E-state index contributed by atoms with van der Waals surface area (Å²) in [5.41, 5.74) is 9.86. The van der Waals surface area contributed by atoms with E-state index in [0.29, 0.717) is 22.1 Å². The van der Waals surface area contributed by atoms with E-state index >= 15 is 0 Å². The number of carbonyl (C=O) groups excluding carboxylic acids is 3. The van der Waals surface area contributed by atoms with Crippen molar-refractivity contribution in [3.63, 3.8) is 0 Å². The van der Waals surface area contributed by atoms with Crippen LogP contribution in [0.2, 0.25) is 4.34 Å². The Kier molecular flexibility index (Phi) is 12.2. The number of anilines is 1. The average Bonchev–Trinajstić information content (AvgIpc) is 3.97. The number of carbonyl (C=O) groups is 3. The molecule has 2 aliphatic rings. The van der Waals surface area contributed by atoms with E-state index in [2.05, 4.69) is 25.7 Å². The van der Waals surface area contributed by atoms with Gasteiger partial charge in [-0.05, 0) is 24.0 Å². The molecule has 2 amide bonds. The van der Waals surface area contributed by atoms with E-state index in [4.69, 9.17) is 26.9 Å². The van der Waals surface area contributed by atoms with Gasteiger partial charge in [0.1, 0.15) is 27.3 Å². The third kappa shape index (κ3) is 8.35. The minimum atomic E-state index is -1.35. The monoisotopic (exact) mass is 909 g/mol. The number of benzene rings is 5. The maximum absolute atomic E-state index is 14.7. The number of fused-ring (bicyclic) bond motifs is 1. The Morgan fingerprint density at radius 2 is 1.38 bits per heavy atom. The van der Waals surface area contributed by atoms with Gasteiger partial charge >= 0.3 is 5.97 Å². The summed E-state index contributed by atoms with van der Waals surface area (Å²) in [7, 11) is 0. The van der Waals surface area contributed by atoms with Crippen LogP contribution in [0.3, 0.4) is 0 Å². The van der Waals surface area contributed by atoms with E-state index in [1.54, 1.807) is 5.51 Å². The molecule has 0 spiro atoms. The van der Waals surface area contributed by atoms with Crippen LogP contribution in [0.25, 0.3) is 0 Å². The molecule has 12 nitrogen and oxygen atoms in total. The van der Waals surface area contributed by atoms with Crippen molar-refractivity contribution < 1.29 is 24.0 Å². The second-order valence-electron chi connectivity index (χ2n) is 14.4. The number of ether oxygens (including phenoxy) is 1. The van der Waals surface area contributed by atoms with Crippen molar-refractivity contribution in [2.24, 2.45) is 5.16 Å². The molecule has 9 rings (SSSR count). The fourth-order valence-electron chi connectivity index (χ4n) is 7.83. The summed E-state index contributed by atoms with van der Waals surface area (Å²) in [6.45, 7) is 0. The van der Waals surface area contributed by atoms with E-state index in [0.717, 1.165) is 39.2 Å². The maximum Gasteiger partial charge on any atom is 0.356 e. The number of β-lactam (4-membered cyclic amide) rings is 1. The molecule has 1 unspecified atom stereocenters. The number of halogens is 1. The SMILES string of the molecule is Nc1nc(C(=NOC(c2ccccc2)(c2ccccc2)c2ccccc2)C(=O)N[C@H]2C(=O)N3C(C(=O)OC(c4ccccc4)c4ccccc4)=C(Sc4nncs4)CCC23)c(Cl)s1. The molecule has 0 radical (unpaired) electrons. The van der Waals surface area contributed by atoms with Gasteiger partial charge in [0.05, 0.1) is 6.04 Å². The topological polar surface area (TPSA) is 162 Å². The molecule has 1 saturated heterocycles. The second-order valence-corrected chi connectivity index (χ2v) is 18.2. The van der Waals surface area contributed by atoms with Crippen molar-refractivity contribution in [1.29, 1.82) is 0 Å². The predicted molar refractivity (Wildman–Crippen MR) is 244 cm³/mol. The number of thiazole rings is 1. The number of oxime groups is 1. The molecular formula is C47H36ClN7O5S3. The van der Waals surface area contributed by atoms with Gasteiger partial charge < -0.3 is 20.6 Å². The molecule has 314 valence electrons. The molecule has 0 saturated carbocycles. The zero-order valence-corrected chi connectivity index (χ0v) is 36.3. The standard InChI is InChI=1S/C47H36ClN7O5S3/c48-41-37(52-45(49)63-41)38(54-60-47(31-20-10-3-11-21-31,32-22-12-4-13-23-32)33-24-14-5-15-25-33)42(56)51-36-34-26-27-35(62-46-53-50-28-61-46)39(55(34)43(36)57)44(58)59-40(29-16-6-1-7-17-29)30-18-8-2-9-19-30/h1-25,28,34,36,40H,26-27H2,(H2,49,52)(H,51,56)/t34?,36-/m1/s1. The van der Waals surface area contributed by atoms with Crippen LogP contribution in [0.1, 0.15) is 52.5 Å². The first-order chi connectivity index (χ1) is 30.8. The number of hydrogen-bond acceptors (Lipinski definition) is 13. The van der Waals surface area contributed by atoms with Crippen LogP contribution in [-0.2, 0) is 29.6 Å². The minimum Gasteiger partial charge on any atom is -0.448 e. The van der Waals surface area contributed by atoms with Gasteiger partial charge in [-0.15, -0.1) is 10.2 Å². The second kappa shape index (κ2) is 18.4. The van der Waals surface area contributed by atoms with Crippen LogP contribution in [0.15, 0.2) is 177 Å². The summed E-state index contributed by atoms with van der Waals surface area (Å²) in [6.07, 6.45) is 0.0432. The number of allylic oxidation sites excluding steroid dienone is 1. The highest BCUT2D eigenvalue weighted by atomic mass is 35.5. The van der Waals surface area contributed by atoms with Crippen LogP contribution < -0.4 is 11.1 Å². The summed E-state index contributed by atoms with van der Waals surface area (Å²) in [6, 6.07) is 45.7. The van der Waals surface area contributed by atoms with Crippen molar-refractivity contribution in [3.05, 3.63) is 206 Å². The number of aromatic nitrogens is 3. The zero-order valence-electron chi connectivity index (χ0n) is 33.1. The van der Waals surface area contributed by atoms with Crippen LogP contribution in [0.5, 0.6) is 0 Å². The summed E-state index contributed by atoms with van der Waals surface area (Å²) in [4.78, 5) is 56.7. The van der Waals surface area contributed by atoms with Crippen LogP contribution in [-0.4, -0.2) is 55.7 Å². The number of thioether (sulfide) groups is 1. The van der Waals surface area contributed by atoms with Crippen molar-refractivity contribution in [3.8, 4) is 0 Å². The van der Waals surface area contributed by atoms with Gasteiger partial charge in [0.15, 0.2) is 21.3 Å². The van der Waals surface area contributed by atoms with E-state index < -0.39 is 41.6 Å². The highest BCUT2D eigenvalue weighted by molar-refractivity contribution is 8.04. The first kappa shape index (κ1) is 41.7. The van der Waals surface area contributed by atoms with Gasteiger partial charge in [-0.2, -0.15) is 0 Å². The van der Waals surface area contributed by atoms with E-state index in [9.17, 15) is 14.4 Å². The van der Waals surface area contributed by atoms with E-state index in [1.807, 2.05) is 152 Å². The van der Waals surface area contributed by atoms with Gasteiger partial charge in [-0.25, -0.2) is 9.78 Å². The molecule has 2 aromatic heterocycles. The Morgan fingerprint density at radius 1 is 0.841 bits per heavy atom. The van der Waals surface area contributed by atoms with Crippen molar-refractivity contribution in [2.75, 3.05) is 5.73 Å². The fourth-order valence-corrected chi connectivity index (χ4v) is 10.5. The average molecular weight is 911 g/mol. The molecule has 16 heteroatoms. The number of esters is 1. The lowest BCUT2D eigenvalue weighted by molar-refractivity contribution is -0.158. The van der Waals surface area contributed by atoms with Gasteiger partial charge in [0, 0.05) is 21.6 Å². The van der Waals surface area contributed by atoms with Gasteiger partial charge in [0.2, 0.25) is 5.60 Å². The summed E-state index contributed by atoms with van der Waals surface area (Å²) >= 11 is 10.2. The molecule has 63 heavy (non-hydrogen) atoms. The molecule has 7 aromatic rings. The molecule has 4 heterocycles. The number of hydrogen-bond donors (Lipinski definition) is 2. The van der Waals surface area contributed by atoms with Crippen LogP contribution >= 0.6 is 46.0 Å². The van der Waals surface area contributed by atoms with E-state index in [1.165, 1.54) is 28.0 Å². The lowest BCUT2D eigenvalue weighted by Crippen LogP contribution is -2.72. The van der Waals surface area contributed by atoms with Gasteiger partial charge in [0.25, 0.3) is 11.8 Å². The lowest BCUT2D eigenvalue weighted by atomic mass is 9.80. The largest absolute Gasteiger partial charge is 0.448 e. The predicted octanol–water partition coefficient (Wildman–Crippen LogP) is 8.77. The number of nitrogen functional groups attached to an aromatic ring is 1. The van der Waals surface area contributed by atoms with E-state index in [-0.39, 0.29) is 26.6 Å². The van der Waals surface area contributed by atoms with Gasteiger partial charge in [-0.3, -0.25) is 14.5 Å². The normalized spacial score (nSPS) is 16.3. The third-order valence-corrected chi connectivity index (χ3v) is 13.7. The number of amides is 2. The van der Waals surface area contributed by atoms with Crippen molar-refractivity contribution in [1.82, 2.24) is 25.4 Å².